The lowest BCUT2D eigenvalue weighted by Gasteiger charge is -2.09. The summed E-state index contributed by atoms with van der Waals surface area (Å²) in [5.74, 6) is 3.82. The second-order valence-electron chi connectivity index (χ2n) is 18.9. The first-order valence-electron chi connectivity index (χ1n) is 26.2. The van der Waals surface area contributed by atoms with Crippen LogP contribution in [0.4, 0.5) is 0 Å². The predicted octanol–water partition coefficient (Wildman–Crippen LogP) is 14.3. The van der Waals surface area contributed by atoms with Crippen LogP contribution in [0.2, 0.25) is 0 Å². The van der Waals surface area contributed by atoms with E-state index in [1.807, 2.05) is 24.3 Å². The van der Waals surface area contributed by atoms with Gasteiger partial charge in [0.2, 0.25) is 11.0 Å². The number of aryl methyl sites for hydroxylation is 6. The molecule has 0 aliphatic rings. The first-order valence-corrected chi connectivity index (χ1v) is 26.2. The quantitative estimate of drug-likeness (QED) is 0.0398. The normalized spacial score (nSPS) is 11.3. The van der Waals surface area contributed by atoms with E-state index >= 15 is 0 Å². The highest BCUT2D eigenvalue weighted by Gasteiger charge is 2.18. The van der Waals surface area contributed by atoms with Crippen molar-refractivity contribution in [2.24, 2.45) is 14.1 Å². The number of aromatic nitrogens is 4. The van der Waals surface area contributed by atoms with Crippen LogP contribution in [0, 0.1) is 0 Å². The third-order valence-corrected chi connectivity index (χ3v) is 14.1. The van der Waals surface area contributed by atoms with Crippen molar-refractivity contribution in [1.82, 2.24) is 9.97 Å². The van der Waals surface area contributed by atoms with Gasteiger partial charge in [0.05, 0.1) is 50.2 Å². The van der Waals surface area contributed by atoms with Gasteiger partial charge in [0.15, 0.2) is 11.4 Å². The van der Waals surface area contributed by atoms with Gasteiger partial charge in [-0.15, -0.1) is 0 Å². The third kappa shape index (κ3) is 13.9. The number of fused-ring (bicyclic) bond motifs is 4. The topological polar surface area (TPSA) is 70.5 Å². The van der Waals surface area contributed by atoms with Crippen LogP contribution in [0.25, 0.3) is 43.6 Å². The van der Waals surface area contributed by atoms with Crippen molar-refractivity contribution in [3.05, 3.63) is 144 Å². The molecular weight excluding hydrogens is 865 g/mol. The molecule has 8 nitrogen and oxygen atoms in total. The highest BCUT2D eigenvalue weighted by atomic mass is 16.5. The summed E-state index contributed by atoms with van der Waals surface area (Å²) >= 11 is 0. The number of para-hydroxylation sites is 4. The van der Waals surface area contributed by atoms with E-state index in [2.05, 4.69) is 120 Å². The van der Waals surface area contributed by atoms with Crippen LogP contribution in [-0.2, 0) is 39.8 Å². The van der Waals surface area contributed by atoms with Gasteiger partial charge in [-0.05, 0) is 74.9 Å². The summed E-state index contributed by atoms with van der Waals surface area (Å²) in [5.41, 5.74) is 9.49. The van der Waals surface area contributed by atoms with Gasteiger partial charge in [0.25, 0.3) is 0 Å². The summed E-state index contributed by atoms with van der Waals surface area (Å²) in [6.45, 7) is 0. The Kier molecular flexibility index (Phi) is 20.0. The van der Waals surface area contributed by atoms with E-state index in [-0.39, 0.29) is 0 Å². The number of unbranched alkanes of at least 4 members (excludes halogenated alkanes) is 14. The summed E-state index contributed by atoms with van der Waals surface area (Å²) in [6.07, 6.45) is 24.7. The Morgan fingerprint density at radius 3 is 0.971 bits per heavy atom. The standard InChI is InChI=1S/C32H42N2O2.C30H36N2O2/c1-33-25(23-31(35-3)27-19-13-15-21-29(27)33)17-11-9-7-5-6-8-10-12-18-26-24-32(36-4)28-20-14-16-22-30(28)34(26)2;1-33-29-21-23(31-27-19-13-11-17-25(27)29)15-9-7-5-3-4-6-8-10-16-24-22-30(34-2)26-18-12-14-20-28(26)32-24/h13-16,19-24H,5-12,17-18H2,1-4H3;11-14,17-22H,3-10,15-16H2,1-2H3/q+2;. The van der Waals surface area contributed by atoms with Gasteiger partial charge in [0.1, 0.15) is 37.1 Å². The van der Waals surface area contributed by atoms with E-state index in [9.17, 15) is 0 Å². The van der Waals surface area contributed by atoms with Gasteiger partial charge in [-0.3, -0.25) is 9.97 Å². The van der Waals surface area contributed by atoms with Gasteiger partial charge in [-0.1, -0.05) is 126 Å². The molecule has 0 atom stereocenters. The molecule has 0 saturated carbocycles. The maximum absolute atomic E-state index is 5.66. The van der Waals surface area contributed by atoms with Crippen molar-refractivity contribution in [2.75, 3.05) is 28.4 Å². The van der Waals surface area contributed by atoms with Crippen LogP contribution in [0.3, 0.4) is 0 Å². The molecule has 368 valence electrons. The van der Waals surface area contributed by atoms with E-state index < -0.39 is 0 Å². The van der Waals surface area contributed by atoms with Crippen LogP contribution in [0.15, 0.2) is 121 Å². The monoisotopic (exact) mass is 943 g/mol. The van der Waals surface area contributed by atoms with E-state index in [4.69, 9.17) is 28.9 Å². The van der Waals surface area contributed by atoms with Gasteiger partial charge in [0, 0.05) is 71.4 Å². The van der Waals surface area contributed by atoms with E-state index in [0.29, 0.717) is 0 Å². The van der Waals surface area contributed by atoms with Crippen molar-refractivity contribution >= 4 is 43.6 Å². The molecule has 0 N–H and O–H groups in total. The molecule has 0 radical (unpaired) electrons. The molecule has 4 aromatic heterocycles. The number of ether oxygens (including phenoxy) is 4. The molecule has 0 spiro atoms. The average molecular weight is 943 g/mol. The van der Waals surface area contributed by atoms with E-state index in [1.165, 1.54) is 136 Å². The maximum Gasteiger partial charge on any atom is 0.216 e. The minimum absolute atomic E-state index is 0.929. The lowest BCUT2D eigenvalue weighted by atomic mass is 10.0. The second-order valence-corrected chi connectivity index (χ2v) is 18.9. The number of methoxy groups -OCH3 is 4. The van der Waals surface area contributed by atoms with Crippen molar-refractivity contribution in [1.29, 1.82) is 0 Å². The predicted molar refractivity (Wildman–Crippen MR) is 289 cm³/mol. The smallest absolute Gasteiger partial charge is 0.216 e. The fourth-order valence-corrected chi connectivity index (χ4v) is 10.1. The van der Waals surface area contributed by atoms with Gasteiger partial charge >= 0.3 is 0 Å². The van der Waals surface area contributed by atoms with Crippen LogP contribution in [0.5, 0.6) is 23.0 Å². The Labute approximate surface area is 418 Å². The fourth-order valence-electron chi connectivity index (χ4n) is 10.1. The van der Waals surface area contributed by atoms with Gasteiger partial charge in [-0.25, -0.2) is 0 Å². The lowest BCUT2D eigenvalue weighted by Crippen LogP contribution is -2.34. The van der Waals surface area contributed by atoms with E-state index in [1.54, 1.807) is 28.4 Å². The van der Waals surface area contributed by atoms with Gasteiger partial charge < -0.3 is 18.9 Å². The number of pyridine rings is 4. The third-order valence-electron chi connectivity index (χ3n) is 14.1. The molecule has 0 bridgehead atoms. The summed E-state index contributed by atoms with van der Waals surface area (Å²) in [5, 5.41) is 4.54. The molecular formula is C62H78N4O4+2. The highest BCUT2D eigenvalue weighted by molar-refractivity contribution is 5.86. The van der Waals surface area contributed by atoms with Crippen LogP contribution in [0.1, 0.15) is 126 Å². The number of benzene rings is 4. The number of rotatable bonds is 26. The van der Waals surface area contributed by atoms with Crippen LogP contribution in [-0.4, -0.2) is 38.4 Å². The van der Waals surface area contributed by atoms with E-state index in [0.717, 1.165) is 81.9 Å². The minimum atomic E-state index is 0.929. The number of hydrogen-bond acceptors (Lipinski definition) is 6. The highest BCUT2D eigenvalue weighted by Crippen LogP contribution is 2.29. The summed E-state index contributed by atoms with van der Waals surface area (Å²) in [6, 6.07) is 42.0. The Bertz CT molecular complexity index is 2700. The number of hydrogen-bond donors (Lipinski definition) is 0. The molecule has 8 rings (SSSR count). The zero-order valence-electron chi connectivity index (χ0n) is 43.1. The zero-order valence-corrected chi connectivity index (χ0v) is 43.1. The Balaban J connectivity index is 0.000000207. The molecule has 4 aromatic carbocycles. The Morgan fingerprint density at radius 2 is 0.614 bits per heavy atom. The molecule has 0 amide bonds. The molecule has 0 fully saturated rings. The largest absolute Gasteiger partial charge is 0.496 e. The SMILES string of the molecule is COc1cc(CCCCCCCCCCc2cc(OC)c3ccccc3[n+]2C)[n+](C)c2ccccc12.COc1cc(CCCCCCCCCCc2cc(OC)c3ccccc3n2)nc2ccccc12. The van der Waals surface area contributed by atoms with Crippen molar-refractivity contribution in [2.45, 2.75) is 128 Å². The van der Waals surface area contributed by atoms with Crippen molar-refractivity contribution in [3.63, 3.8) is 0 Å². The average Bonchev–Trinajstić information content (AvgIpc) is 3.40. The van der Waals surface area contributed by atoms with Crippen molar-refractivity contribution < 1.29 is 28.1 Å². The molecule has 8 aromatic rings. The molecule has 0 aliphatic carbocycles. The van der Waals surface area contributed by atoms with Gasteiger partial charge in [-0.2, -0.15) is 9.13 Å². The Hall–Kier alpha value is -6.28. The summed E-state index contributed by atoms with van der Waals surface area (Å²) in [4.78, 5) is 9.62. The lowest BCUT2D eigenvalue weighted by molar-refractivity contribution is -0.653. The molecule has 0 aliphatic heterocycles. The molecule has 4 heterocycles. The molecule has 0 saturated heterocycles. The first-order chi connectivity index (χ1) is 34.4. The second kappa shape index (κ2) is 27.2. The fraction of sp³-hybridized carbons (Fsp3) is 0.419. The molecule has 0 unspecified atom stereocenters. The van der Waals surface area contributed by atoms with Crippen molar-refractivity contribution in [3.8, 4) is 23.0 Å². The molecule has 70 heavy (non-hydrogen) atoms. The summed E-state index contributed by atoms with van der Waals surface area (Å²) < 4.78 is 27.1. The Morgan fingerprint density at radius 1 is 0.329 bits per heavy atom. The maximum atomic E-state index is 5.66. The zero-order chi connectivity index (χ0) is 48.9. The minimum Gasteiger partial charge on any atom is -0.496 e. The number of nitrogens with zero attached hydrogens (tertiary/aromatic N) is 4. The van der Waals surface area contributed by atoms with Crippen LogP contribution >= 0.6 is 0 Å². The first kappa shape index (κ1) is 51.6. The van der Waals surface area contributed by atoms with Crippen LogP contribution < -0.4 is 28.1 Å². The molecule has 8 heteroatoms. The summed E-state index contributed by atoms with van der Waals surface area (Å²) in [7, 11) is 11.4.